The SMILES string of the molecule is CC[C@@H](C)c1ccccc1OCc1nnc(NC(=O)Nc2ccccc2OC)s1. The topological polar surface area (TPSA) is 85.4 Å². The van der Waals surface area contributed by atoms with Gasteiger partial charge in [-0.3, -0.25) is 5.32 Å². The van der Waals surface area contributed by atoms with Crippen LogP contribution in [0, 0.1) is 0 Å². The van der Waals surface area contributed by atoms with Crippen molar-refractivity contribution in [3.05, 3.63) is 59.1 Å². The molecule has 0 fully saturated rings. The molecule has 0 aliphatic rings. The van der Waals surface area contributed by atoms with Gasteiger partial charge in [-0.2, -0.15) is 0 Å². The Morgan fingerprint density at radius 3 is 2.55 bits per heavy atom. The predicted octanol–water partition coefficient (Wildman–Crippen LogP) is 5.28. The molecule has 1 aromatic heterocycles. The standard InChI is InChI=1S/C21H24N4O3S/c1-4-14(2)15-9-5-7-11-17(15)28-13-19-24-25-21(29-19)23-20(26)22-16-10-6-8-12-18(16)27-3/h5-12,14H,4,13H2,1-3H3,(H2,22,23,25,26)/t14-/m1/s1. The normalized spacial score (nSPS) is 11.6. The molecule has 0 saturated heterocycles. The van der Waals surface area contributed by atoms with Crippen molar-refractivity contribution in [3.63, 3.8) is 0 Å². The van der Waals surface area contributed by atoms with E-state index in [1.807, 2.05) is 30.3 Å². The largest absolute Gasteiger partial charge is 0.495 e. The Labute approximate surface area is 174 Å². The zero-order chi connectivity index (χ0) is 20.6. The van der Waals surface area contributed by atoms with Crippen LogP contribution in [0.1, 0.15) is 36.8 Å². The highest BCUT2D eigenvalue weighted by Crippen LogP contribution is 2.29. The summed E-state index contributed by atoms with van der Waals surface area (Å²) < 4.78 is 11.2. The van der Waals surface area contributed by atoms with Crippen LogP contribution < -0.4 is 20.1 Å². The lowest BCUT2D eigenvalue weighted by Gasteiger charge is -2.14. The highest BCUT2D eigenvalue weighted by atomic mass is 32.1. The second-order valence-corrected chi connectivity index (χ2v) is 7.48. The molecule has 1 heterocycles. The highest BCUT2D eigenvalue weighted by molar-refractivity contribution is 7.15. The maximum absolute atomic E-state index is 12.2. The lowest BCUT2D eigenvalue weighted by atomic mass is 9.98. The number of urea groups is 1. The number of carbonyl (C=O) groups excluding carboxylic acids is 1. The smallest absolute Gasteiger partial charge is 0.325 e. The van der Waals surface area contributed by atoms with Gasteiger partial charge in [0.05, 0.1) is 12.8 Å². The summed E-state index contributed by atoms with van der Waals surface area (Å²) in [5.74, 6) is 1.84. The van der Waals surface area contributed by atoms with E-state index in [1.54, 1.807) is 19.2 Å². The molecule has 7 nitrogen and oxygen atoms in total. The molecule has 2 N–H and O–H groups in total. The molecule has 3 rings (SSSR count). The summed E-state index contributed by atoms with van der Waals surface area (Å²) in [6.07, 6.45) is 1.04. The number of hydrogen-bond acceptors (Lipinski definition) is 6. The quantitative estimate of drug-likeness (QED) is 0.525. The van der Waals surface area contributed by atoms with Gasteiger partial charge >= 0.3 is 6.03 Å². The van der Waals surface area contributed by atoms with Crippen molar-refractivity contribution < 1.29 is 14.3 Å². The van der Waals surface area contributed by atoms with Gasteiger partial charge in [0.2, 0.25) is 5.13 Å². The van der Waals surface area contributed by atoms with Crippen LogP contribution in [0.2, 0.25) is 0 Å². The van der Waals surface area contributed by atoms with Crippen LogP contribution in [0.4, 0.5) is 15.6 Å². The van der Waals surface area contributed by atoms with Gasteiger partial charge in [0.15, 0.2) is 5.01 Å². The zero-order valence-electron chi connectivity index (χ0n) is 16.6. The van der Waals surface area contributed by atoms with Crippen molar-refractivity contribution >= 4 is 28.2 Å². The van der Waals surface area contributed by atoms with E-state index in [-0.39, 0.29) is 0 Å². The van der Waals surface area contributed by atoms with E-state index in [0.717, 1.165) is 12.2 Å². The van der Waals surface area contributed by atoms with Crippen molar-refractivity contribution in [3.8, 4) is 11.5 Å². The Balaban J connectivity index is 1.58. The molecule has 2 aromatic carbocycles. The first kappa shape index (κ1) is 20.6. The molecule has 8 heteroatoms. The molecule has 0 aliphatic carbocycles. The number of hydrogen-bond donors (Lipinski definition) is 2. The van der Waals surface area contributed by atoms with E-state index in [0.29, 0.717) is 34.1 Å². The molecule has 0 unspecified atom stereocenters. The molecule has 3 aromatic rings. The third-order valence-corrected chi connectivity index (χ3v) is 5.27. The Hall–Kier alpha value is -3.13. The summed E-state index contributed by atoms with van der Waals surface area (Å²) in [7, 11) is 1.55. The van der Waals surface area contributed by atoms with Crippen LogP contribution in [0.25, 0.3) is 0 Å². The monoisotopic (exact) mass is 412 g/mol. The van der Waals surface area contributed by atoms with Crippen molar-refractivity contribution in [1.82, 2.24) is 10.2 Å². The third-order valence-electron chi connectivity index (χ3n) is 4.46. The average Bonchev–Trinajstić information content (AvgIpc) is 3.19. The van der Waals surface area contributed by atoms with Crippen LogP contribution in [-0.2, 0) is 6.61 Å². The van der Waals surface area contributed by atoms with Crippen LogP contribution in [-0.4, -0.2) is 23.3 Å². The molecule has 0 bridgehead atoms. The van der Waals surface area contributed by atoms with Crippen molar-refractivity contribution in [2.24, 2.45) is 0 Å². The third kappa shape index (κ3) is 5.45. The lowest BCUT2D eigenvalue weighted by molar-refractivity contribution is 0.262. The first-order valence-electron chi connectivity index (χ1n) is 9.35. The summed E-state index contributed by atoms with van der Waals surface area (Å²) in [5.41, 5.74) is 1.75. The second-order valence-electron chi connectivity index (χ2n) is 6.42. The first-order valence-corrected chi connectivity index (χ1v) is 10.2. The molecule has 0 saturated carbocycles. The number of ether oxygens (including phenoxy) is 2. The number of aromatic nitrogens is 2. The summed E-state index contributed by atoms with van der Waals surface area (Å²) in [4.78, 5) is 12.2. The summed E-state index contributed by atoms with van der Waals surface area (Å²) in [5, 5.41) is 14.6. The molecular formula is C21H24N4O3S. The van der Waals surface area contributed by atoms with Gasteiger partial charge in [0, 0.05) is 0 Å². The van der Waals surface area contributed by atoms with E-state index < -0.39 is 6.03 Å². The lowest BCUT2D eigenvalue weighted by Crippen LogP contribution is -2.19. The minimum absolute atomic E-state index is 0.293. The Kier molecular flexibility index (Phi) is 7.02. The zero-order valence-corrected chi connectivity index (χ0v) is 17.5. The number of benzene rings is 2. The first-order chi connectivity index (χ1) is 14.1. The average molecular weight is 413 g/mol. The van der Waals surface area contributed by atoms with Crippen molar-refractivity contribution in [2.45, 2.75) is 32.8 Å². The number of para-hydroxylation sites is 3. The maximum atomic E-state index is 12.2. The minimum Gasteiger partial charge on any atom is -0.495 e. The minimum atomic E-state index is -0.416. The summed E-state index contributed by atoms with van der Waals surface area (Å²) >= 11 is 1.27. The predicted molar refractivity (Wildman–Crippen MR) is 115 cm³/mol. The van der Waals surface area contributed by atoms with Crippen molar-refractivity contribution in [1.29, 1.82) is 0 Å². The van der Waals surface area contributed by atoms with Crippen LogP contribution in [0.15, 0.2) is 48.5 Å². The number of nitrogens with zero attached hydrogens (tertiary/aromatic N) is 2. The number of amides is 2. The van der Waals surface area contributed by atoms with Gasteiger partial charge in [0.25, 0.3) is 0 Å². The maximum Gasteiger partial charge on any atom is 0.325 e. The summed E-state index contributed by atoms with van der Waals surface area (Å²) in [6, 6.07) is 14.8. The Morgan fingerprint density at radius 1 is 1.07 bits per heavy atom. The van der Waals surface area contributed by atoms with E-state index in [9.17, 15) is 4.79 Å². The van der Waals surface area contributed by atoms with E-state index in [1.165, 1.54) is 16.9 Å². The fourth-order valence-corrected chi connectivity index (χ4v) is 3.39. The van der Waals surface area contributed by atoms with Crippen LogP contribution in [0.5, 0.6) is 11.5 Å². The Morgan fingerprint density at radius 2 is 1.79 bits per heavy atom. The van der Waals surface area contributed by atoms with E-state index >= 15 is 0 Å². The molecule has 0 aliphatic heterocycles. The van der Waals surface area contributed by atoms with Gasteiger partial charge in [-0.1, -0.05) is 55.5 Å². The molecule has 2 amide bonds. The van der Waals surface area contributed by atoms with E-state index in [2.05, 4.69) is 40.7 Å². The molecule has 0 radical (unpaired) electrons. The molecule has 0 spiro atoms. The van der Waals surface area contributed by atoms with Crippen molar-refractivity contribution in [2.75, 3.05) is 17.7 Å². The van der Waals surface area contributed by atoms with Gasteiger partial charge in [-0.15, -0.1) is 10.2 Å². The molecule has 1 atom stereocenters. The number of rotatable bonds is 8. The van der Waals surface area contributed by atoms with Gasteiger partial charge in [0.1, 0.15) is 18.1 Å². The van der Waals surface area contributed by atoms with Gasteiger partial charge < -0.3 is 14.8 Å². The number of methoxy groups -OCH3 is 1. The number of carbonyl (C=O) groups is 1. The van der Waals surface area contributed by atoms with Gasteiger partial charge in [-0.25, -0.2) is 4.79 Å². The molecule has 29 heavy (non-hydrogen) atoms. The van der Waals surface area contributed by atoms with Gasteiger partial charge in [-0.05, 0) is 36.1 Å². The number of anilines is 2. The van der Waals surface area contributed by atoms with Crippen LogP contribution in [0.3, 0.4) is 0 Å². The van der Waals surface area contributed by atoms with Crippen LogP contribution >= 0.6 is 11.3 Å². The fraction of sp³-hybridized carbons (Fsp3) is 0.286. The molecule has 152 valence electrons. The summed E-state index contributed by atoms with van der Waals surface area (Å²) in [6.45, 7) is 4.62. The number of nitrogens with one attached hydrogen (secondary N) is 2. The Bertz CT molecular complexity index is 960. The van der Waals surface area contributed by atoms with E-state index in [4.69, 9.17) is 9.47 Å². The highest BCUT2D eigenvalue weighted by Gasteiger charge is 2.13. The molecular weight excluding hydrogens is 388 g/mol. The fourth-order valence-electron chi connectivity index (χ4n) is 2.74. The second kappa shape index (κ2) is 9.88.